The Bertz CT molecular complexity index is 397. The number of aliphatic hydroxyl groups is 1. The van der Waals surface area contributed by atoms with Crippen LogP contribution in [0.2, 0.25) is 0 Å². The first-order valence-corrected chi connectivity index (χ1v) is 6.14. The average molecular weight is 237 g/mol. The maximum absolute atomic E-state index is 13.2. The lowest BCUT2D eigenvalue weighted by molar-refractivity contribution is -0.0151. The minimum Gasteiger partial charge on any atom is -0.389 e. The number of hydrogen-bond donors (Lipinski definition) is 1. The molecule has 0 radical (unpaired) electrons. The van der Waals surface area contributed by atoms with E-state index in [1.807, 2.05) is 6.92 Å². The molecule has 1 aliphatic rings. The Labute approximate surface area is 102 Å². The van der Waals surface area contributed by atoms with Crippen molar-refractivity contribution >= 4 is 0 Å². The van der Waals surface area contributed by atoms with Crippen LogP contribution in [0.1, 0.15) is 24.0 Å². The third kappa shape index (κ3) is 3.05. The van der Waals surface area contributed by atoms with Crippen molar-refractivity contribution in [3.8, 4) is 0 Å². The van der Waals surface area contributed by atoms with Gasteiger partial charge in [0.05, 0.1) is 5.60 Å². The van der Waals surface area contributed by atoms with E-state index in [0.29, 0.717) is 6.42 Å². The topological polar surface area (TPSA) is 23.5 Å². The van der Waals surface area contributed by atoms with E-state index >= 15 is 0 Å². The fourth-order valence-electron chi connectivity index (χ4n) is 2.40. The van der Waals surface area contributed by atoms with Crippen LogP contribution in [-0.4, -0.2) is 35.7 Å². The van der Waals surface area contributed by atoms with Crippen molar-refractivity contribution in [2.75, 3.05) is 20.1 Å². The van der Waals surface area contributed by atoms with Crippen molar-refractivity contribution in [3.63, 3.8) is 0 Å². The van der Waals surface area contributed by atoms with Crippen LogP contribution in [0.4, 0.5) is 4.39 Å². The maximum Gasteiger partial charge on any atom is 0.123 e. The minimum absolute atomic E-state index is 0.220. The lowest BCUT2D eigenvalue weighted by Crippen LogP contribution is -2.44. The van der Waals surface area contributed by atoms with E-state index in [2.05, 4.69) is 11.9 Å². The molecule has 2 nitrogen and oxygen atoms in total. The van der Waals surface area contributed by atoms with Crippen LogP contribution in [0.25, 0.3) is 0 Å². The molecule has 0 bridgehead atoms. The lowest BCUT2D eigenvalue weighted by atomic mass is 9.84. The molecule has 94 valence electrons. The van der Waals surface area contributed by atoms with E-state index in [-0.39, 0.29) is 5.82 Å². The molecule has 1 aliphatic heterocycles. The Balaban J connectivity index is 2.12. The van der Waals surface area contributed by atoms with Crippen molar-refractivity contribution in [2.24, 2.45) is 0 Å². The van der Waals surface area contributed by atoms with Crippen LogP contribution in [0, 0.1) is 12.7 Å². The fraction of sp³-hybridized carbons (Fsp3) is 0.571. The normalized spacial score (nSPS) is 20.5. The number of piperidine rings is 1. The highest BCUT2D eigenvalue weighted by molar-refractivity contribution is 5.28. The van der Waals surface area contributed by atoms with Gasteiger partial charge in [-0.3, -0.25) is 0 Å². The van der Waals surface area contributed by atoms with Crippen molar-refractivity contribution in [2.45, 2.75) is 31.8 Å². The Morgan fingerprint density at radius 1 is 1.35 bits per heavy atom. The van der Waals surface area contributed by atoms with Crippen molar-refractivity contribution < 1.29 is 9.50 Å². The largest absolute Gasteiger partial charge is 0.389 e. The molecule has 1 aromatic rings. The van der Waals surface area contributed by atoms with Gasteiger partial charge in [0, 0.05) is 19.5 Å². The molecule has 17 heavy (non-hydrogen) atoms. The standard InChI is InChI=1S/C14H20FNO/c1-11-3-4-13(15)9-12(11)10-14(17)5-7-16(2)8-6-14/h3-4,9,17H,5-8,10H2,1-2H3. The van der Waals surface area contributed by atoms with Crippen molar-refractivity contribution in [1.82, 2.24) is 4.90 Å². The summed E-state index contributed by atoms with van der Waals surface area (Å²) in [5.74, 6) is -0.220. The summed E-state index contributed by atoms with van der Waals surface area (Å²) in [5.41, 5.74) is 1.32. The Kier molecular flexibility index (Phi) is 3.50. The molecule has 0 saturated carbocycles. The zero-order valence-corrected chi connectivity index (χ0v) is 10.5. The van der Waals surface area contributed by atoms with Gasteiger partial charge in [-0.25, -0.2) is 4.39 Å². The van der Waals surface area contributed by atoms with E-state index in [4.69, 9.17) is 0 Å². The molecule has 1 fully saturated rings. The molecular formula is C14H20FNO. The van der Waals surface area contributed by atoms with Crippen LogP contribution in [0.5, 0.6) is 0 Å². The van der Waals surface area contributed by atoms with E-state index in [1.165, 1.54) is 6.07 Å². The number of nitrogens with zero attached hydrogens (tertiary/aromatic N) is 1. The number of aryl methyl sites for hydroxylation is 1. The molecule has 0 aliphatic carbocycles. The summed E-state index contributed by atoms with van der Waals surface area (Å²) >= 11 is 0. The van der Waals surface area contributed by atoms with Gasteiger partial charge in [-0.1, -0.05) is 6.07 Å². The number of halogens is 1. The highest BCUT2D eigenvalue weighted by Crippen LogP contribution is 2.27. The van der Waals surface area contributed by atoms with Crippen LogP contribution in [0.15, 0.2) is 18.2 Å². The van der Waals surface area contributed by atoms with Gasteiger partial charge in [0.2, 0.25) is 0 Å². The van der Waals surface area contributed by atoms with E-state index in [1.54, 1.807) is 12.1 Å². The van der Waals surface area contributed by atoms with Gasteiger partial charge in [-0.2, -0.15) is 0 Å². The molecule has 1 heterocycles. The molecule has 1 saturated heterocycles. The molecule has 0 spiro atoms. The molecule has 0 unspecified atom stereocenters. The second-order valence-electron chi connectivity index (χ2n) is 5.28. The molecule has 2 rings (SSSR count). The van der Waals surface area contributed by atoms with Crippen LogP contribution < -0.4 is 0 Å². The summed E-state index contributed by atoms with van der Waals surface area (Å²) in [5, 5.41) is 10.5. The molecule has 0 amide bonds. The minimum atomic E-state index is -0.662. The molecule has 1 N–H and O–H groups in total. The van der Waals surface area contributed by atoms with E-state index < -0.39 is 5.60 Å². The SMILES string of the molecule is Cc1ccc(F)cc1CC1(O)CCN(C)CC1. The highest BCUT2D eigenvalue weighted by Gasteiger charge is 2.31. The van der Waals surface area contributed by atoms with Gasteiger partial charge < -0.3 is 10.0 Å². The molecule has 0 aromatic heterocycles. The summed E-state index contributed by atoms with van der Waals surface area (Å²) in [7, 11) is 2.06. The summed E-state index contributed by atoms with van der Waals surface area (Å²) < 4.78 is 13.2. The summed E-state index contributed by atoms with van der Waals surface area (Å²) in [6.07, 6.45) is 2.09. The summed E-state index contributed by atoms with van der Waals surface area (Å²) in [6, 6.07) is 4.80. The zero-order valence-electron chi connectivity index (χ0n) is 10.5. The predicted octanol–water partition coefficient (Wildman–Crippen LogP) is 2.13. The number of rotatable bonds is 2. The van der Waals surface area contributed by atoms with Gasteiger partial charge in [-0.15, -0.1) is 0 Å². The average Bonchev–Trinajstić information content (AvgIpc) is 2.28. The quantitative estimate of drug-likeness (QED) is 0.852. The van der Waals surface area contributed by atoms with Crippen LogP contribution in [0.3, 0.4) is 0 Å². The van der Waals surface area contributed by atoms with Gasteiger partial charge in [-0.05, 0) is 50.1 Å². The summed E-state index contributed by atoms with van der Waals surface area (Å²) in [6.45, 7) is 3.78. The van der Waals surface area contributed by atoms with Crippen molar-refractivity contribution in [3.05, 3.63) is 35.1 Å². The second kappa shape index (κ2) is 4.75. The first-order chi connectivity index (χ1) is 7.98. The third-order valence-corrected chi connectivity index (χ3v) is 3.75. The van der Waals surface area contributed by atoms with E-state index in [0.717, 1.165) is 37.1 Å². The zero-order chi connectivity index (χ0) is 12.5. The first kappa shape index (κ1) is 12.5. The molecular weight excluding hydrogens is 217 g/mol. The lowest BCUT2D eigenvalue weighted by Gasteiger charge is -2.37. The van der Waals surface area contributed by atoms with E-state index in [9.17, 15) is 9.50 Å². The second-order valence-corrected chi connectivity index (χ2v) is 5.28. The van der Waals surface area contributed by atoms with Gasteiger partial charge >= 0.3 is 0 Å². The molecule has 1 aromatic carbocycles. The highest BCUT2D eigenvalue weighted by atomic mass is 19.1. The maximum atomic E-state index is 13.2. The van der Waals surface area contributed by atoms with Gasteiger partial charge in [0.25, 0.3) is 0 Å². The Hall–Kier alpha value is -0.930. The fourth-order valence-corrected chi connectivity index (χ4v) is 2.40. The van der Waals surface area contributed by atoms with Crippen molar-refractivity contribution in [1.29, 1.82) is 0 Å². The number of benzene rings is 1. The Morgan fingerprint density at radius 2 is 2.00 bits per heavy atom. The third-order valence-electron chi connectivity index (χ3n) is 3.75. The van der Waals surface area contributed by atoms with Gasteiger partial charge in [0.15, 0.2) is 0 Å². The first-order valence-electron chi connectivity index (χ1n) is 6.14. The van der Waals surface area contributed by atoms with Gasteiger partial charge in [0.1, 0.15) is 5.82 Å². The number of likely N-dealkylation sites (tertiary alicyclic amines) is 1. The van der Waals surface area contributed by atoms with Crippen LogP contribution >= 0.6 is 0 Å². The monoisotopic (exact) mass is 237 g/mol. The molecule has 0 atom stereocenters. The number of hydrogen-bond acceptors (Lipinski definition) is 2. The smallest absolute Gasteiger partial charge is 0.123 e. The molecule has 3 heteroatoms. The van der Waals surface area contributed by atoms with Crippen LogP contribution in [-0.2, 0) is 6.42 Å². The Morgan fingerprint density at radius 3 is 2.65 bits per heavy atom. The summed E-state index contributed by atoms with van der Waals surface area (Å²) in [4.78, 5) is 2.22. The predicted molar refractivity (Wildman–Crippen MR) is 66.5 cm³/mol.